The summed E-state index contributed by atoms with van der Waals surface area (Å²) in [5.41, 5.74) is 3.03. The second-order valence-electron chi connectivity index (χ2n) is 6.18. The van der Waals surface area contributed by atoms with Gasteiger partial charge in [0.2, 0.25) is 5.91 Å². The lowest BCUT2D eigenvalue weighted by atomic mass is 10.1. The van der Waals surface area contributed by atoms with Crippen LogP contribution < -0.4 is 4.90 Å². The molecule has 1 aliphatic rings. The number of benzene rings is 2. The van der Waals surface area contributed by atoms with Crippen molar-refractivity contribution in [2.75, 3.05) is 24.5 Å². The molecule has 1 heterocycles. The minimum atomic E-state index is -0.463. The Kier molecular flexibility index (Phi) is 4.99. The first kappa shape index (κ1) is 17.0. The fraction of sp³-hybridized carbons (Fsp3) is 0.300. The molecule has 3 rings (SSSR count). The van der Waals surface area contributed by atoms with Crippen LogP contribution in [-0.2, 0) is 17.8 Å². The summed E-state index contributed by atoms with van der Waals surface area (Å²) in [6.45, 7) is 3.96. The Balaban J connectivity index is 1.66. The molecule has 25 heavy (non-hydrogen) atoms. The van der Waals surface area contributed by atoms with Gasteiger partial charge in [-0.1, -0.05) is 31.2 Å². The van der Waals surface area contributed by atoms with Gasteiger partial charge in [-0.05, 0) is 35.7 Å². The number of nitrogens with zero attached hydrogens (tertiary/aromatic N) is 3. The summed E-state index contributed by atoms with van der Waals surface area (Å²) in [7, 11) is 0. The van der Waals surface area contributed by atoms with Crippen molar-refractivity contribution in [2.45, 2.75) is 19.9 Å². The molecule has 4 nitrogen and oxygen atoms in total. The molecule has 0 unspecified atom stereocenters. The number of piperazine rings is 1. The fourth-order valence-corrected chi connectivity index (χ4v) is 3.01. The Hall–Kier alpha value is -2.87. The molecule has 2 aromatic rings. The maximum Gasteiger partial charge on any atom is 0.242 e. The van der Waals surface area contributed by atoms with E-state index in [4.69, 9.17) is 5.26 Å². The lowest BCUT2D eigenvalue weighted by molar-refractivity contribution is -0.131. The normalized spacial score (nSPS) is 14.5. The molecule has 0 saturated carbocycles. The summed E-state index contributed by atoms with van der Waals surface area (Å²) in [6.07, 6.45) is 0.994. The molecular formula is C20H20FN3O. The van der Waals surface area contributed by atoms with E-state index < -0.39 is 5.82 Å². The molecule has 0 radical (unpaired) electrons. The molecule has 0 N–H and O–H groups in total. The van der Waals surface area contributed by atoms with E-state index in [-0.39, 0.29) is 18.0 Å². The van der Waals surface area contributed by atoms with Gasteiger partial charge in [0.15, 0.2) is 0 Å². The van der Waals surface area contributed by atoms with Crippen molar-refractivity contribution >= 4 is 11.6 Å². The summed E-state index contributed by atoms with van der Waals surface area (Å²) in [5, 5.41) is 8.82. The largest absolute Gasteiger partial charge is 0.358 e. The lowest BCUT2D eigenvalue weighted by Gasteiger charge is -2.35. The number of halogens is 1. The molecule has 5 heteroatoms. The molecule has 0 spiro atoms. The Morgan fingerprint density at radius 1 is 1.12 bits per heavy atom. The average molecular weight is 337 g/mol. The predicted molar refractivity (Wildman–Crippen MR) is 94.6 cm³/mol. The zero-order valence-corrected chi connectivity index (χ0v) is 14.2. The van der Waals surface area contributed by atoms with Crippen molar-refractivity contribution in [2.24, 2.45) is 0 Å². The van der Waals surface area contributed by atoms with Crippen LogP contribution in [0.2, 0.25) is 0 Å². The van der Waals surface area contributed by atoms with Crippen LogP contribution in [-0.4, -0.2) is 30.4 Å². The first-order chi connectivity index (χ1) is 12.1. The third-order valence-electron chi connectivity index (χ3n) is 4.54. The fourth-order valence-electron chi connectivity index (χ4n) is 3.01. The number of hydrogen-bond donors (Lipinski definition) is 0. The predicted octanol–water partition coefficient (Wildman–Crippen LogP) is 3.11. The van der Waals surface area contributed by atoms with Crippen molar-refractivity contribution in [1.29, 1.82) is 5.26 Å². The van der Waals surface area contributed by atoms with Crippen molar-refractivity contribution in [3.8, 4) is 6.07 Å². The molecule has 128 valence electrons. The molecule has 0 aromatic heterocycles. The zero-order chi connectivity index (χ0) is 17.8. The Morgan fingerprint density at radius 3 is 2.44 bits per heavy atom. The highest BCUT2D eigenvalue weighted by Gasteiger charge is 2.25. The van der Waals surface area contributed by atoms with Crippen LogP contribution in [0.25, 0.3) is 0 Å². The summed E-state index contributed by atoms with van der Waals surface area (Å²) >= 11 is 0. The molecule has 1 saturated heterocycles. The molecule has 1 amide bonds. The van der Waals surface area contributed by atoms with Crippen LogP contribution in [0.15, 0.2) is 42.5 Å². The highest BCUT2D eigenvalue weighted by atomic mass is 19.1. The second kappa shape index (κ2) is 7.35. The molecule has 1 fully saturated rings. The van der Waals surface area contributed by atoms with Gasteiger partial charge in [-0.25, -0.2) is 4.39 Å². The summed E-state index contributed by atoms with van der Waals surface area (Å²) < 4.78 is 14.1. The van der Waals surface area contributed by atoms with E-state index in [9.17, 15) is 9.18 Å². The molecular weight excluding hydrogens is 317 g/mol. The summed E-state index contributed by atoms with van der Waals surface area (Å²) in [4.78, 5) is 16.0. The average Bonchev–Trinajstić information content (AvgIpc) is 2.64. The number of carbonyl (C=O) groups is 1. The van der Waals surface area contributed by atoms with E-state index >= 15 is 0 Å². The van der Waals surface area contributed by atoms with Gasteiger partial charge < -0.3 is 9.80 Å². The van der Waals surface area contributed by atoms with E-state index in [2.05, 4.69) is 31.2 Å². The lowest BCUT2D eigenvalue weighted by Crippen LogP contribution is -2.50. The highest BCUT2D eigenvalue weighted by Crippen LogP contribution is 2.22. The third kappa shape index (κ3) is 3.80. The molecule has 0 atom stereocenters. The first-order valence-electron chi connectivity index (χ1n) is 8.41. The van der Waals surface area contributed by atoms with E-state index in [0.29, 0.717) is 25.3 Å². The molecule has 2 aromatic carbocycles. The number of carbonyl (C=O) groups excluding carboxylic acids is 1. The van der Waals surface area contributed by atoms with E-state index in [1.807, 2.05) is 6.07 Å². The number of nitriles is 1. The van der Waals surface area contributed by atoms with Crippen molar-refractivity contribution < 1.29 is 9.18 Å². The summed E-state index contributed by atoms with van der Waals surface area (Å²) in [6, 6.07) is 14.5. The molecule has 0 aliphatic carbocycles. The van der Waals surface area contributed by atoms with Gasteiger partial charge in [-0.2, -0.15) is 5.26 Å². The maximum atomic E-state index is 14.1. The quantitative estimate of drug-likeness (QED) is 0.861. The minimum Gasteiger partial charge on any atom is -0.358 e. The first-order valence-corrected chi connectivity index (χ1v) is 8.41. The molecule has 0 bridgehead atoms. The van der Waals surface area contributed by atoms with E-state index in [1.165, 1.54) is 11.6 Å². The van der Waals surface area contributed by atoms with Crippen LogP contribution in [0.1, 0.15) is 23.6 Å². The Bertz CT molecular complexity index is 811. The van der Waals surface area contributed by atoms with Gasteiger partial charge >= 0.3 is 0 Å². The Morgan fingerprint density at radius 2 is 1.84 bits per heavy atom. The van der Waals surface area contributed by atoms with Crippen molar-refractivity contribution in [3.63, 3.8) is 0 Å². The van der Waals surface area contributed by atoms with Crippen LogP contribution in [0.3, 0.4) is 0 Å². The van der Waals surface area contributed by atoms with E-state index in [1.54, 1.807) is 21.9 Å². The van der Waals surface area contributed by atoms with Gasteiger partial charge in [0.05, 0.1) is 23.9 Å². The van der Waals surface area contributed by atoms with E-state index in [0.717, 1.165) is 12.0 Å². The third-order valence-corrected chi connectivity index (χ3v) is 4.54. The zero-order valence-electron chi connectivity index (χ0n) is 14.2. The number of amides is 1. The topological polar surface area (TPSA) is 47.3 Å². The second-order valence-corrected chi connectivity index (χ2v) is 6.18. The van der Waals surface area contributed by atoms with Gasteiger partial charge in [-0.15, -0.1) is 0 Å². The van der Waals surface area contributed by atoms with Gasteiger partial charge in [0.25, 0.3) is 0 Å². The number of hydrogen-bond acceptors (Lipinski definition) is 3. The van der Waals surface area contributed by atoms with Gasteiger partial charge in [0, 0.05) is 19.6 Å². The number of anilines is 1. The minimum absolute atomic E-state index is 0.0189. The smallest absolute Gasteiger partial charge is 0.242 e. The summed E-state index contributed by atoms with van der Waals surface area (Å²) in [5.74, 6) is -0.481. The molecule has 1 aliphatic heterocycles. The number of aryl methyl sites for hydroxylation is 1. The van der Waals surface area contributed by atoms with Gasteiger partial charge in [-0.3, -0.25) is 4.79 Å². The maximum absolute atomic E-state index is 14.1. The van der Waals surface area contributed by atoms with Crippen LogP contribution in [0, 0.1) is 17.1 Å². The standard InChI is InChI=1S/C20H20FN3O/c1-2-15-3-5-16(6-4-15)13-24-10-9-23(14-20(24)25)19-8-7-17(12-22)11-18(19)21/h3-8,11H,2,9-10,13-14H2,1H3. The SMILES string of the molecule is CCc1ccc(CN2CCN(c3ccc(C#N)cc3F)CC2=O)cc1. The van der Waals surface area contributed by atoms with Crippen LogP contribution in [0.4, 0.5) is 10.1 Å². The Labute approximate surface area is 147 Å². The highest BCUT2D eigenvalue weighted by molar-refractivity contribution is 5.83. The van der Waals surface area contributed by atoms with Crippen molar-refractivity contribution in [3.05, 3.63) is 65.0 Å². The van der Waals surface area contributed by atoms with Crippen molar-refractivity contribution in [1.82, 2.24) is 4.90 Å². The van der Waals surface area contributed by atoms with Crippen LogP contribution >= 0.6 is 0 Å². The number of rotatable bonds is 4. The monoisotopic (exact) mass is 337 g/mol. The van der Waals surface area contributed by atoms with Crippen LogP contribution in [0.5, 0.6) is 0 Å². The van der Waals surface area contributed by atoms with Gasteiger partial charge in [0.1, 0.15) is 5.82 Å².